The first-order valence-electron chi connectivity index (χ1n) is 9.77. The van der Waals surface area contributed by atoms with Crippen LogP contribution in [0.4, 0.5) is 0 Å². The number of nitrogens with zero attached hydrogens (tertiary/aromatic N) is 1. The number of amides is 1. The number of nitrogens with one attached hydrogen (secondary N) is 1. The molecule has 1 aromatic heterocycles. The van der Waals surface area contributed by atoms with Gasteiger partial charge in [-0.15, -0.1) is 23.1 Å². The predicted octanol–water partition coefficient (Wildman–Crippen LogP) is 1.77. The zero-order valence-electron chi connectivity index (χ0n) is 16.3. The summed E-state index contributed by atoms with van der Waals surface area (Å²) in [5.41, 5.74) is 5.47. The summed E-state index contributed by atoms with van der Waals surface area (Å²) >= 11 is 3.13. The van der Waals surface area contributed by atoms with Crippen LogP contribution in [0.15, 0.2) is 17.5 Å². The van der Waals surface area contributed by atoms with Crippen molar-refractivity contribution in [3.05, 3.63) is 22.4 Å². The van der Waals surface area contributed by atoms with Gasteiger partial charge in [0.05, 0.1) is 11.3 Å². The van der Waals surface area contributed by atoms with Crippen molar-refractivity contribution >= 4 is 40.9 Å². The molecule has 3 atom stereocenters. The molecular formula is C19H29N3O5S2. The molecular weight excluding hydrogens is 414 g/mol. The SMILES string of the molecule is NCCCCCC[C@H](N[C@H]1CS[C@H](c2cccs2)CN(CC(=O)O)C1=O)C(=O)O. The Kier molecular flexibility index (Phi) is 9.92. The summed E-state index contributed by atoms with van der Waals surface area (Å²) in [6.45, 7) is 0.529. The minimum absolute atomic E-state index is 0.0235. The van der Waals surface area contributed by atoms with Crippen molar-refractivity contribution in [1.29, 1.82) is 0 Å². The number of hydrogen-bond acceptors (Lipinski definition) is 7. The van der Waals surface area contributed by atoms with Gasteiger partial charge in [-0.25, -0.2) is 0 Å². The van der Waals surface area contributed by atoms with Gasteiger partial charge in [0.1, 0.15) is 12.6 Å². The van der Waals surface area contributed by atoms with Gasteiger partial charge in [0.25, 0.3) is 0 Å². The van der Waals surface area contributed by atoms with E-state index in [0.29, 0.717) is 25.3 Å². The Balaban J connectivity index is 2.05. The monoisotopic (exact) mass is 443 g/mol. The van der Waals surface area contributed by atoms with Crippen LogP contribution in [-0.4, -0.2) is 70.4 Å². The van der Waals surface area contributed by atoms with Gasteiger partial charge in [-0.1, -0.05) is 25.3 Å². The van der Waals surface area contributed by atoms with E-state index in [1.54, 1.807) is 23.1 Å². The predicted molar refractivity (Wildman–Crippen MR) is 114 cm³/mol. The molecule has 0 aromatic carbocycles. The molecule has 0 spiro atoms. The average molecular weight is 444 g/mol. The van der Waals surface area contributed by atoms with Crippen molar-refractivity contribution in [1.82, 2.24) is 10.2 Å². The third kappa shape index (κ3) is 7.61. The number of rotatable bonds is 12. The van der Waals surface area contributed by atoms with Crippen molar-refractivity contribution in [2.75, 3.05) is 25.4 Å². The average Bonchev–Trinajstić information content (AvgIpc) is 3.16. The summed E-state index contributed by atoms with van der Waals surface area (Å²) in [5.74, 6) is -2.03. The summed E-state index contributed by atoms with van der Waals surface area (Å²) in [6.07, 6.45) is 3.91. The van der Waals surface area contributed by atoms with Gasteiger partial charge in [-0.3, -0.25) is 19.7 Å². The van der Waals surface area contributed by atoms with Crippen molar-refractivity contribution < 1.29 is 24.6 Å². The van der Waals surface area contributed by atoms with Crippen LogP contribution in [0.1, 0.15) is 42.2 Å². The second-order valence-corrected chi connectivity index (χ2v) is 9.27. The fourth-order valence-electron chi connectivity index (χ4n) is 3.29. The van der Waals surface area contributed by atoms with Crippen LogP contribution >= 0.6 is 23.1 Å². The second-order valence-electron chi connectivity index (χ2n) is 7.05. The van der Waals surface area contributed by atoms with Crippen LogP contribution in [0.2, 0.25) is 0 Å². The van der Waals surface area contributed by atoms with Crippen LogP contribution in [-0.2, 0) is 14.4 Å². The number of unbranched alkanes of at least 4 members (excludes halogenated alkanes) is 3. The number of aliphatic carboxylic acids is 2. The Morgan fingerprint density at radius 2 is 2.03 bits per heavy atom. The van der Waals surface area contributed by atoms with E-state index in [-0.39, 0.29) is 11.2 Å². The number of nitrogens with two attached hydrogens (primary N) is 1. The Labute approximate surface area is 178 Å². The molecule has 5 N–H and O–H groups in total. The topological polar surface area (TPSA) is 133 Å². The third-order valence-electron chi connectivity index (χ3n) is 4.79. The highest BCUT2D eigenvalue weighted by Gasteiger charge is 2.35. The van der Waals surface area contributed by atoms with E-state index in [0.717, 1.165) is 30.6 Å². The Hall–Kier alpha value is -1.62. The lowest BCUT2D eigenvalue weighted by Gasteiger charge is -2.26. The number of carboxylic acid groups (broad SMARTS) is 2. The Bertz CT molecular complexity index is 671. The zero-order chi connectivity index (χ0) is 21.2. The number of carboxylic acids is 2. The highest BCUT2D eigenvalue weighted by molar-refractivity contribution is 7.99. The lowest BCUT2D eigenvalue weighted by atomic mass is 10.1. The van der Waals surface area contributed by atoms with Gasteiger partial charge in [0, 0.05) is 17.2 Å². The van der Waals surface area contributed by atoms with Crippen LogP contribution in [0.3, 0.4) is 0 Å². The van der Waals surface area contributed by atoms with Gasteiger partial charge in [0.2, 0.25) is 5.91 Å². The molecule has 2 heterocycles. The molecule has 1 saturated heterocycles. The molecule has 1 aromatic rings. The van der Waals surface area contributed by atoms with Crippen LogP contribution < -0.4 is 11.1 Å². The first-order chi connectivity index (χ1) is 13.9. The Morgan fingerprint density at radius 1 is 1.28 bits per heavy atom. The van der Waals surface area contributed by atoms with E-state index in [1.807, 2.05) is 17.5 Å². The highest BCUT2D eigenvalue weighted by Crippen LogP contribution is 2.35. The second kappa shape index (κ2) is 12.2. The molecule has 0 unspecified atom stereocenters. The maximum absolute atomic E-state index is 13.0. The molecule has 1 aliphatic heterocycles. The summed E-state index contributed by atoms with van der Waals surface area (Å²) in [4.78, 5) is 38.3. The van der Waals surface area contributed by atoms with E-state index in [1.165, 1.54) is 4.90 Å². The third-order valence-corrected chi connectivity index (χ3v) is 7.26. The molecule has 29 heavy (non-hydrogen) atoms. The molecule has 2 rings (SSSR count). The van der Waals surface area contributed by atoms with Crippen LogP contribution in [0, 0.1) is 0 Å². The molecule has 1 fully saturated rings. The lowest BCUT2D eigenvalue weighted by Crippen LogP contribution is -2.53. The van der Waals surface area contributed by atoms with Crippen molar-refractivity contribution in [2.45, 2.75) is 49.4 Å². The summed E-state index contributed by atoms with van der Waals surface area (Å²) in [7, 11) is 0. The number of thioether (sulfide) groups is 1. The Morgan fingerprint density at radius 3 is 2.66 bits per heavy atom. The molecule has 1 amide bonds. The highest BCUT2D eigenvalue weighted by atomic mass is 32.2. The van der Waals surface area contributed by atoms with E-state index >= 15 is 0 Å². The molecule has 0 bridgehead atoms. The van der Waals surface area contributed by atoms with Gasteiger partial charge >= 0.3 is 11.9 Å². The van der Waals surface area contributed by atoms with E-state index in [9.17, 15) is 24.6 Å². The lowest BCUT2D eigenvalue weighted by molar-refractivity contribution is -0.146. The smallest absolute Gasteiger partial charge is 0.323 e. The fourth-order valence-corrected chi connectivity index (χ4v) is 5.55. The van der Waals surface area contributed by atoms with E-state index < -0.39 is 30.6 Å². The number of carbonyl (C=O) groups excluding carboxylic acids is 1. The van der Waals surface area contributed by atoms with Crippen molar-refractivity contribution in [3.8, 4) is 0 Å². The number of carbonyl (C=O) groups is 3. The molecule has 1 aliphatic rings. The normalized spacial score (nSPS) is 21.0. The minimum atomic E-state index is -1.08. The molecule has 0 radical (unpaired) electrons. The van der Waals surface area contributed by atoms with Crippen LogP contribution in [0.25, 0.3) is 0 Å². The zero-order valence-corrected chi connectivity index (χ0v) is 17.9. The first kappa shape index (κ1) is 23.7. The van der Waals surface area contributed by atoms with E-state index in [2.05, 4.69) is 5.32 Å². The molecule has 8 nitrogen and oxygen atoms in total. The van der Waals surface area contributed by atoms with Gasteiger partial charge in [-0.2, -0.15) is 0 Å². The fraction of sp³-hybridized carbons (Fsp3) is 0.632. The summed E-state index contributed by atoms with van der Waals surface area (Å²) < 4.78 is 0. The molecule has 0 saturated carbocycles. The molecule has 10 heteroatoms. The van der Waals surface area contributed by atoms with Gasteiger partial charge in [-0.05, 0) is 30.8 Å². The van der Waals surface area contributed by atoms with Gasteiger partial charge < -0.3 is 20.8 Å². The van der Waals surface area contributed by atoms with E-state index in [4.69, 9.17) is 5.73 Å². The number of hydrogen-bond donors (Lipinski definition) is 4. The van der Waals surface area contributed by atoms with Crippen molar-refractivity contribution in [2.24, 2.45) is 5.73 Å². The first-order valence-corrected chi connectivity index (χ1v) is 11.7. The van der Waals surface area contributed by atoms with Crippen molar-refractivity contribution in [3.63, 3.8) is 0 Å². The maximum Gasteiger partial charge on any atom is 0.323 e. The quantitative estimate of drug-likeness (QED) is 0.359. The standard InChI is InChI=1S/C19H29N3O5S2/c20-8-4-2-1-3-6-13(19(26)27)21-14-12-29-16(15-7-5-9-28-15)10-22(18(14)25)11-17(23)24/h5,7,9,13-14,16,21H,1-4,6,8,10-12,20H2,(H,23,24)(H,26,27)/t13-,14-,16-/m0/s1. The van der Waals surface area contributed by atoms with Gasteiger partial charge in [0.15, 0.2) is 0 Å². The largest absolute Gasteiger partial charge is 0.480 e. The summed E-state index contributed by atoms with van der Waals surface area (Å²) in [6, 6.07) is 2.33. The molecule has 162 valence electrons. The van der Waals surface area contributed by atoms with Crippen LogP contribution in [0.5, 0.6) is 0 Å². The maximum atomic E-state index is 13.0. The summed E-state index contributed by atoms with van der Waals surface area (Å²) in [5, 5.41) is 23.7. The number of thiophene rings is 1. The molecule has 0 aliphatic carbocycles. The minimum Gasteiger partial charge on any atom is -0.480 e.